The van der Waals surface area contributed by atoms with Crippen LogP contribution >= 0.6 is 0 Å². The van der Waals surface area contributed by atoms with Crippen molar-refractivity contribution in [3.05, 3.63) is 58.9 Å². The molecule has 2 atom stereocenters. The highest BCUT2D eigenvalue weighted by atomic mass is 19.1. The second-order valence-electron chi connectivity index (χ2n) is 10.6. The number of fused-ring (bicyclic) bond motifs is 1. The average Bonchev–Trinajstić information content (AvgIpc) is 3.22. The zero-order valence-electron chi connectivity index (χ0n) is 21.5. The topological polar surface area (TPSA) is 109 Å². The number of amides is 4. The number of hydrogen-bond donors (Lipinski definition) is 1. The quantitative estimate of drug-likeness (QED) is 0.584. The predicted octanol–water partition coefficient (Wildman–Crippen LogP) is 3.12. The largest absolute Gasteiger partial charge is 0.491 e. The molecule has 9 nitrogen and oxygen atoms in total. The van der Waals surface area contributed by atoms with Crippen LogP contribution in [0, 0.1) is 0 Å². The number of nitrogens with zero attached hydrogens (tertiary/aromatic N) is 3. The number of likely N-dealkylation sites (tertiary alicyclic amines) is 1. The minimum absolute atomic E-state index is 0.152. The number of imide groups is 1. The van der Waals surface area contributed by atoms with Gasteiger partial charge in [-0.1, -0.05) is 0 Å². The van der Waals surface area contributed by atoms with Gasteiger partial charge in [0, 0.05) is 36.8 Å². The molecule has 1 unspecified atom stereocenters. The van der Waals surface area contributed by atoms with Crippen LogP contribution in [0.3, 0.4) is 0 Å². The average molecular weight is 523 g/mol. The summed E-state index contributed by atoms with van der Waals surface area (Å²) in [7, 11) is 0. The summed E-state index contributed by atoms with van der Waals surface area (Å²) in [5.74, 6) is -0.608. The lowest BCUT2D eigenvalue weighted by Gasteiger charge is -2.35. The van der Waals surface area contributed by atoms with E-state index in [1.807, 2.05) is 0 Å². The Morgan fingerprint density at radius 3 is 2.74 bits per heavy atom. The van der Waals surface area contributed by atoms with E-state index >= 15 is 0 Å². The van der Waals surface area contributed by atoms with Gasteiger partial charge in [-0.15, -0.1) is 0 Å². The maximum Gasteiger partial charge on any atom is 0.255 e. The van der Waals surface area contributed by atoms with Gasteiger partial charge < -0.3 is 14.5 Å². The fourth-order valence-electron chi connectivity index (χ4n) is 5.33. The van der Waals surface area contributed by atoms with Gasteiger partial charge in [0.05, 0.1) is 11.7 Å². The number of alkyl halides is 1. The van der Waals surface area contributed by atoms with E-state index in [-0.39, 0.29) is 49.0 Å². The summed E-state index contributed by atoms with van der Waals surface area (Å²) in [5.41, 5.74) is 0.237. The Balaban J connectivity index is 1.26. The molecule has 0 bridgehead atoms. The van der Waals surface area contributed by atoms with Gasteiger partial charge in [0.1, 0.15) is 24.1 Å². The monoisotopic (exact) mass is 522 g/mol. The summed E-state index contributed by atoms with van der Waals surface area (Å²) in [5, 5.41) is 2.31. The summed E-state index contributed by atoms with van der Waals surface area (Å²) in [6.07, 6.45) is 4.60. The normalized spacial score (nSPS) is 21.8. The molecule has 0 saturated carbocycles. The van der Waals surface area contributed by atoms with E-state index in [1.165, 1.54) is 31.0 Å². The van der Waals surface area contributed by atoms with E-state index in [1.54, 1.807) is 29.2 Å². The smallest absolute Gasteiger partial charge is 0.255 e. The number of nitrogens with one attached hydrogen (secondary N) is 1. The third-order valence-corrected chi connectivity index (χ3v) is 7.44. The maximum atomic E-state index is 14.4. The molecule has 0 spiro atoms. The number of pyridine rings is 1. The van der Waals surface area contributed by atoms with E-state index in [4.69, 9.17) is 4.74 Å². The van der Waals surface area contributed by atoms with E-state index in [0.717, 1.165) is 24.8 Å². The SMILES string of the molecule is CC(C)(F)c1cc(C(=O)N2CCCC[C@H]2COc2ccc3c(c2)CN(C2CCC(=O)NC2=O)C3=O)ccn1. The Morgan fingerprint density at radius 1 is 1.16 bits per heavy atom. The lowest BCUT2D eigenvalue weighted by atomic mass is 10.00. The number of carbonyl (C=O) groups excluding carboxylic acids is 4. The number of aromatic nitrogens is 1. The van der Waals surface area contributed by atoms with Crippen molar-refractivity contribution in [2.24, 2.45) is 0 Å². The molecule has 200 valence electrons. The zero-order valence-corrected chi connectivity index (χ0v) is 21.5. The first-order valence-electron chi connectivity index (χ1n) is 13.0. The van der Waals surface area contributed by atoms with Gasteiger partial charge in [0.2, 0.25) is 11.8 Å². The Morgan fingerprint density at radius 2 is 1.97 bits per heavy atom. The molecule has 4 amide bonds. The highest BCUT2D eigenvalue weighted by Gasteiger charge is 2.39. The number of halogens is 1. The fraction of sp³-hybridized carbons (Fsp3) is 0.464. The van der Waals surface area contributed by atoms with Gasteiger partial charge in [-0.25, -0.2) is 4.39 Å². The van der Waals surface area contributed by atoms with Crippen molar-refractivity contribution in [1.29, 1.82) is 0 Å². The molecule has 2 saturated heterocycles. The molecule has 0 aliphatic carbocycles. The fourth-order valence-corrected chi connectivity index (χ4v) is 5.33. The third-order valence-electron chi connectivity index (χ3n) is 7.44. The van der Waals surface area contributed by atoms with E-state index in [0.29, 0.717) is 29.8 Å². The standard InChI is InChI=1S/C28H31FN4O5/c1-28(2,29)23-14-17(10-11-30-23)26(36)32-12-4-3-5-19(32)16-38-20-6-7-21-18(13-20)15-33(27(21)37)22-8-9-24(34)31-25(22)35/h6-7,10-11,13-14,19,22H,3-5,8-9,12,15-16H2,1-2H3,(H,31,34,35)/t19-,22?/m0/s1. The second kappa shape index (κ2) is 10.2. The highest BCUT2D eigenvalue weighted by molar-refractivity contribution is 6.05. The van der Waals surface area contributed by atoms with Gasteiger partial charge in [-0.2, -0.15) is 0 Å². The molecule has 4 heterocycles. The highest BCUT2D eigenvalue weighted by Crippen LogP contribution is 2.31. The zero-order chi connectivity index (χ0) is 27.0. The first kappa shape index (κ1) is 25.8. The minimum atomic E-state index is -1.65. The summed E-state index contributed by atoms with van der Waals surface area (Å²) in [6, 6.07) is 7.51. The Bertz CT molecular complexity index is 1290. The molecule has 1 aromatic heterocycles. The minimum Gasteiger partial charge on any atom is -0.491 e. The molecule has 0 radical (unpaired) electrons. The van der Waals surface area contributed by atoms with Crippen LogP contribution in [0.1, 0.15) is 77.9 Å². The van der Waals surface area contributed by atoms with Crippen LogP contribution in [0.4, 0.5) is 4.39 Å². The Kier molecular flexibility index (Phi) is 6.90. The van der Waals surface area contributed by atoms with Crippen LogP contribution in [-0.4, -0.2) is 63.6 Å². The molecule has 2 aromatic rings. The molecule has 1 aromatic carbocycles. The van der Waals surface area contributed by atoms with Crippen molar-refractivity contribution < 1.29 is 28.3 Å². The van der Waals surface area contributed by atoms with Crippen LogP contribution < -0.4 is 10.1 Å². The number of ether oxygens (including phenoxy) is 1. The van der Waals surface area contributed by atoms with Gasteiger partial charge in [0.25, 0.3) is 11.8 Å². The van der Waals surface area contributed by atoms with Crippen molar-refractivity contribution in [2.75, 3.05) is 13.2 Å². The Hall–Kier alpha value is -3.82. The number of rotatable bonds is 6. The van der Waals surface area contributed by atoms with Crippen molar-refractivity contribution in [3.8, 4) is 5.75 Å². The van der Waals surface area contributed by atoms with Gasteiger partial charge in [-0.05, 0) is 75.4 Å². The molecular weight excluding hydrogens is 491 g/mol. The lowest BCUT2D eigenvalue weighted by molar-refractivity contribution is -0.136. The van der Waals surface area contributed by atoms with Crippen LogP contribution in [0.25, 0.3) is 0 Å². The van der Waals surface area contributed by atoms with Crippen molar-refractivity contribution >= 4 is 23.6 Å². The molecule has 1 N–H and O–H groups in total. The molecule has 10 heteroatoms. The molecule has 38 heavy (non-hydrogen) atoms. The number of carbonyl (C=O) groups is 4. The second-order valence-corrected chi connectivity index (χ2v) is 10.6. The van der Waals surface area contributed by atoms with Crippen LogP contribution in [0.2, 0.25) is 0 Å². The number of piperidine rings is 2. The third kappa shape index (κ3) is 5.12. The van der Waals surface area contributed by atoms with Crippen LogP contribution in [-0.2, 0) is 21.8 Å². The van der Waals surface area contributed by atoms with Crippen LogP contribution in [0.5, 0.6) is 5.75 Å². The lowest BCUT2D eigenvalue weighted by Crippen LogP contribution is -2.52. The number of benzene rings is 1. The van der Waals surface area contributed by atoms with E-state index < -0.39 is 17.6 Å². The van der Waals surface area contributed by atoms with Crippen molar-refractivity contribution in [2.45, 2.75) is 70.2 Å². The maximum absolute atomic E-state index is 14.4. The summed E-state index contributed by atoms with van der Waals surface area (Å²) in [6.45, 7) is 3.96. The first-order chi connectivity index (χ1) is 18.1. The Labute approximate surface area is 220 Å². The van der Waals surface area contributed by atoms with Crippen molar-refractivity contribution in [3.63, 3.8) is 0 Å². The van der Waals surface area contributed by atoms with Crippen LogP contribution in [0.15, 0.2) is 36.5 Å². The van der Waals surface area contributed by atoms with Gasteiger partial charge in [0.15, 0.2) is 0 Å². The summed E-state index contributed by atoms with van der Waals surface area (Å²) in [4.78, 5) is 57.4. The molecule has 3 aliphatic heterocycles. The summed E-state index contributed by atoms with van der Waals surface area (Å²) < 4.78 is 20.5. The summed E-state index contributed by atoms with van der Waals surface area (Å²) >= 11 is 0. The first-order valence-corrected chi connectivity index (χ1v) is 13.0. The molecular formula is C28H31FN4O5. The molecule has 2 fully saturated rings. The van der Waals surface area contributed by atoms with E-state index in [9.17, 15) is 23.6 Å². The predicted molar refractivity (Wildman–Crippen MR) is 135 cm³/mol. The number of hydrogen-bond acceptors (Lipinski definition) is 6. The van der Waals surface area contributed by atoms with Gasteiger partial charge >= 0.3 is 0 Å². The van der Waals surface area contributed by atoms with Gasteiger partial charge in [-0.3, -0.25) is 29.5 Å². The molecule has 5 rings (SSSR count). The van der Waals surface area contributed by atoms with E-state index in [2.05, 4.69) is 10.3 Å². The van der Waals surface area contributed by atoms with Crippen molar-refractivity contribution in [1.82, 2.24) is 20.1 Å². The molecule has 3 aliphatic rings.